The van der Waals surface area contributed by atoms with Crippen LogP contribution in [0.5, 0.6) is 0 Å². The Hall–Kier alpha value is -2.93. The molecular formula is C20H21FN4O2. The van der Waals surface area contributed by atoms with E-state index in [1.165, 1.54) is 47.7 Å². The molecule has 1 saturated heterocycles. The van der Waals surface area contributed by atoms with Gasteiger partial charge in [-0.15, -0.1) is 0 Å². The zero-order valence-corrected chi connectivity index (χ0v) is 14.9. The minimum Gasteiger partial charge on any atom is -0.349 e. The highest BCUT2D eigenvalue weighted by atomic mass is 19.1. The standard InChI is InChI=1S/C20H21FN4O2/c21-15-4-6-16(7-5-15)25-18(26)8-3-14-13-17(23-19(14)25)20(27)22-9-12-24-10-1-2-11-24/h3-8,13,23H,1-2,9-12H2,(H,22,27). The molecule has 0 aliphatic carbocycles. The van der Waals surface area contributed by atoms with Crippen molar-refractivity contribution >= 4 is 16.9 Å². The van der Waals surface area contributed by atoms with Crippen LogP contribution in [0.3, 0.4) is 0 Å². The Morgan fingerprint density at radius 3 is 2.59 bits per heavy atom. The molecule has 0 spiro atoms. The molecule has 2 N–H and O–H groups in total. The van der Waals surface area contributed by atoms with Crippen molar-refractivity contribution < 1.29 is 9.18 Å². The molecule has 1 amide bonds. The number of carbonyl (C=O) groups is 1. The molecule has 3 heterocycles. The highest BCUT2D eigenvalue weighted by molar-refractivity contribution is 5.97. The van der Waals surface area contributed by atoms with Gasteiger partial charge in [0.2, 0.25) is 0 Å². The number of carbonyl (C=O) groups excluding carboxylic acids is 1. The minimum atomic E-state index is -0.372. The number of nitrogens with zero attached hydrogens (tertiary/aromatic N) is 2. The summed E-state index contributed by atoms with van der Waals surface area (Å²) in [6.07, 6.45) is 2.44. The second-order valence-corrected chi connectivity index (χ2v) is 6.78. The Morgan fingerprint density at radius 1 is 1.11 bits per heavy atom. The molecule has 1 fully saturated rings. The molecule has 0 saturated carbocycles. The van der Waals surface area contributed by atoms with Gasteiger partial charge < -0.3 is 15.2 Å². The zero-order chi connectivity index (χ0) is 18.8. The lowest BCUT2D eigenvalue weighted by Crippen LogP contribution is -2.33. The zero-order valence-electron chi connectivity index (χ0n) is 14.9. The first-order valence-corrected chi connectivity index (χ1v) is 9.13. The molecule has 1 aliphatic heterocycles. The predicted octanol–water partition coefficient (Wildman–Crippen LogP) is 2.28. The highest BCUT2D eigenvalue weighted by Gasteiger charge is 2.15. The third kappa shape index (κ3) is 3.64. The fraction of sp³-hybridized carbons (Fsp3) is 0.300. The van der Waals surface area contributed by atoms with Crippen molar-refractivity contribution in [3.05, 3.63) is 64.3 Å². The number of benzene rings is 1. The average molecular weight is 368 g/mol. The summed E-state index contributed by atoms with van der Waals surface area (Å²) in [5, 5.41) is 3.66. The summed E-state index contributed by atoms with van der Waals surface area (Å²) in [6, 6.07) is 10.5. The SMILES string of the molecule is O=C(NCCN1CCCC1)c1cc2ccc(=O)n(-c3ccc(F)cc3)c2[nH]1. The maximum Gasteiger partial charge on any atom is 0.267 e. The van der Waals surface area contributed by atoms with E-state index >= 15 is 0 Å². The molecule has 0 bridgehead atoms. The number of likely N-dealkylation sites (tertiary alicyclic amines) is 1. The lowest BCUT2D eigenvalue weighted by molar-refractivity contribution is 0.0945. The Morgan fingerprint density at radius 2 is 1.85 bits per heavy atom. The Bertz CT molecular complexity index is 1020. The van der Waals surface area contributed by atoms with Crippen molar-refractivity contribution in [2.24, 2.45) is 0 Å². The van der Waals surface area contributed by atoms with Gasteiger partial charge in [-0.05, 0) is 62.3 Å². The Balaban J connectivity index is 1.58. The van der Waals surface area contributed by atoms with E-state index in [0.717, 1.165) is 25.0 Å². The van der Waals surface area contributed by atoms with Crippen molar-refractivity contribution in [1.82, 2.24) is 19.8 Å². The number of hydrogen-bond donors (Lipinski definition) is 2. The first-order valence-electron chi connectivity index (χ1n) is 9.13. The van der Waals surface area contributed by atoms with Gasteiger partial charge >= 0.3 is 0 Å². The quantitative estimate of drug-likeness (QED) is 0.726. The third-order valence-electron chi connectivity index (χ3n) is 4.92. The fourth-order valence-electron chi connectivity index (χ4n) is 3.52. The van der Waals surface area contributed by atoms with E-state index < -0.39 is 0 Å². The van der Waals surface area contributed by atoms with E-state index in [9.17, 15) is 14.0 Å². The van der Waals surface area contributed by atoms with Crippen LogP contribution in [-0.2, 0) is 0 Å². The molecule has 140 valence electrons. The van der Waals surface area contributed by atoms with Gasteiger partial charge in [0.25, 0.3) is 11.5 Å². The maximum atomic E-state index is 13.2. The van der Waals surface area contributed by atoms with E-state index in [2.05, 4.69) is 15.2 Å². The van der Waals surface area contributed by atoms with Gasteiger partial charge in [-0.2, -0.15) is 0 Å². The van der Waals surface area contributed by atoms with Gasteiger partial charge in [0.15, 0.2) is 0 Å². The molecule has 1 aliphatic rings. The number of pyridine rings is 1. The smallest absolute Gasteiger partial charge is 0.267 e. The number of H-pyrrole nitrogens is 1. The maximum absolute atomic E-state index is 13.2. The number of halogens is 1. The van der Waals surface area contributed by atoms with Crippen LogP contribution in [0.15, 0.2) is 47.3 Å². The van der Waals surface area contributed by atoms with Gasteiger partial charge in [0, 0.05) is 24.5 Å². The Kier molecular flexibility index (Phi) is 4.77. The molecule has 6 nitrogen and oxygen atoms in total. The number of amides is 1. The monoisotopic (exact) mass is 368 g/mol. The number of aromatic amines is 1. The molecular weight excluding hydrogens is 347 g/mol. The summed E-state index contributed by atoms with van der Waals surface area (Å²) in [6.45, 7) is 3.60. The summed E-state index contributed by atoms with van der Waals surface area (Å²) >= 11 is 0. The van der Waals surface area contributed by atoms with Gasteiger partial charge in [-0.3, -0.25) is 14.2 Å². The summed E-state index contributed by atoms with van der Waals surface area (Å²) < 4.78 is 14.6. The van der Waals surface area contributed by atoms with Crippen LogP contribution in [0.1, 0.15) is 23.3 Å². The van der Waals surface area contributed by atoms with Crippen LogP contribution in [0.25, 0.3) is 16.7 Å². The van der Waals surface area contributed by atoms with Gasteiger partial charge in [-0.1, -0.05) is 0 Å². The van der Waals surface area contributed by atoms with E-state index in [4.69, 9.17) is 0 Å². The number of hydrogen-bond acceptors (Lipinski definition) is 3. The molecule has 0 atom stereocenters. The topological polar surface area (TPSA) is 70.1 Å². The molecule has 7 heteroatoms. The van der Waals surface area contributed by atoms with Crippen molar-refractivity contribution in [3.63, 3.8) is 0 Å². The molecule has 4 rings (SSSR count). The van der Waals surface area contributed by atoms with Gasteiger partial charge in [-0.25, -0.2) is 4.39 Å². The van der Waals surface area contributed by atoms with Crippen molar-refractivity contribution in [1.29, 1.82) is 0 Å². The van der Waals surface area contributed by atoms with E-state index in [-0.39, 0.29) is 17.3 Å². The van der Waals surface area contributed by atoms with Gasteiger partial charge in [0.1, 0.15) is 17.2 Å². The predicted molar refractivity (Wildman–Crippen MR) is 102 cm³/mol. The van der Waals surface area contributed by atoms with Crippen LogP contribution in [0, 0.1) is 5.82 Å². The van der Waals surface area contributed by atoms with Crippen LogP contribution >= 0.6 is 0 Å². The number of fused-ring (bicyclic) bond motifs is 1. The summed E-state index contributed by atoms with van der Waals surface area (Å²) in [5.74, 6) is -0.577. The second-order valence-electron chi connectivity index (χ2n) is 6.78. The van der Waals surface area contributed by atoms with Crippen molar-refractivity contribution in [3.8, 4) is 5.69 Å². The van der Waals surface area contributed by atoms with E-state index in [0.29, 0.717) is 23.6 Å². The highest BCUT2D eigenvalue weighted by Crippen LogP contribution is 2.18. The number of rotatable bonds is 5. The van der Waals surface area contributed by atoms with Crippen LogP contribution in [0.2, 0.25) is 0 Å². The first-order chi connectivity index (χ1) is 13.1. The average Bonchev–Trinajstić information content (AvgIpc) is 3.32. The molecule has 2 aromatic heterocycles. The number of nitrogens with one attached hydrogen (secondary N) is 2. The normalized spacial score (nSPS) is 14.7. The van der Waals surface area contributed by atoms with Crippen molar-refractivity contribution in [2.45, 2.75) is 12.8 Å². The van der Waals surface area contributed by atoms with E-state index in [1.54, 1.807) is 12.1 Å². The lowest BCUT2D eigenvalue weighted by Gasteiger charge is -2.14. The van der Waals surface area contributed by atoms with Gasteiger partial charge in [0.05, 0.1) is 5.69 Å². The molecule has 1 aromatic carbocycles. The first kappa shape index (κ1) is 17.5. The summed E-state index contributed by atoms with van der Waals surface area (Å²) in [4.78, 5) is 30.2. The van der Waals surface area contributed by atoms with Crippen LogP contribution < -0.4 is 10.9 Å². The summed E-state index contributed by atoms with van der Waals surface area (Å²) in [7, 11) is 0. The van der Waals surface area contributed by atoms with Crippen LogP contribution in [0.4, 0.5) is 4.39 Å². The van der Waals surface area contributed by atoms with Crippen LogP contribution in [-0.4, -0.2) is 46.5 Å². The number of aromatic nitrogens is 2. The minimum absolute atomic E-state index is 0.205. The van der Waals surface area contributed by atoms with Crippen molar-refractivity contribution in [2.75, 3.05) is 26.2 Å². The fourth-order valence-corrected chi connectivity index (χ4v) is 3.52. The second kappa shape index (κ2) is 7.36. The lowest BCUT2D eigenvalue weighted by atomic mass is 10.2. The largest absolute Gasteiger partial charge is 0.349 e. The summed E-state index contributed by atoms with van der Waals surface area (Å²) in [5.41, 5.74) is 1.19. The third-order valence-corrected chi connectivity index (χ3v) is 4.92. The van der Waals surface area contributed by atoms with E-state index in [1.807, 2.05) is 0 Å². The molecule has 3 aromatic rings. The molecule has 27 heavy (non-hydrogen) atoms. The Labute approximate surface area is 155 Å². The molecule has 0 unspecified atom stereocenters. The molecule has 0 radical (unpaired) electrons.